The van der Waals surface area contributed by atoms with Crippen LogP contribution in [-0.2, 0) is 9.53 Å². The highest BCUT2D eigenvalue weighted by Crippen LogP contribution is 2.27. The van der Waals surface area contributed by atoms with E-state index in [0.29, 0.717) is 6.61 Å². The first kappa shape index (κ1) is 13.3. The van der Waals surface area contributed by atoms with Crippen molar-refractivity contribution in [2.24, 2.45) is 5.92 Å². The molecule has 0 saturated heterocycles. The molecule has 0 aliphatic heterocycles. The van der Waals surface area contributed by atoms with E-state index in [2.05, 4.69) is 0 Å². The van der Waals surface area contributed by atoms with Gasteiger partial charge in [-0.2, -0.15) is 0 Å². The van der Waals surface area contributed by atoms with E-state index in [1.165, 1.54) is 44.9 Å². The summed E-state index contributed by atoms with van der Waals surface area (Å²) in [6.45, 7) is 2.29. The minimum atomic E-state index is -0.208. The van der Waals surface area contributed by atoms with E-state index in [4.69, 9.17) is 4.74 Å². The Morgan fingerprint density at radius 1 is 1.31 bits per heavy atom. The first-order chi connectivity index (χ1) is 7.83. The summed E-state index contributed by atoms with van der Waals surface area (Å²) in [4.78, 5) is 11.0. The number of allylic oxidation sites excluding steroid dienone is 1. The van der Waals surface area contributed by atoms with E-state index in [1.54, 1.807) is 6.08 Å². The van der Waals surface area contributed by atoms with Gasteiger partial charge in [0.2, 0.25) is 0 Å². The molecule has 0 bridgehead atoms. The number of esters is 1. The Bertz CT molecular complexity index is 215. The fourth-order valence-electron chi connectivity index (χ4n) is 2.37. The molecular weight excluding hydrogens is 200 g/mol. The van der Waals surface area contributed by atoms with Crippen molar-refractivity contribution in [2.75, 3.05) is 6.61 Å². The van der Waals surface area contributed by atoms with Gasteiger partial charge in [0.1, 0.15) is 0 Å². The smallest absolute Gasteiger partial charge is 0.330 e. The predicted octanol–water partition coefficient (Wildman–Crippen LogP) is 3.86. The Balaban J connectivity index is 2.00. The molecule has 0 spiro atoms. The zero-order chi connectivity index (χ0) is 11.6. The standard InChI is InChI=1S/C14H24O2/c1-2-16-14(15)12-8-4-7-11-13-9-5-3-6-10-13/h8,12-13H,2-7,9-11H2,1H3/b12-8+. The van der Waals surface area contributed by atoms with Crippen LogP contribution in [0.5, 0.6) is 0 Å². The van der Waals surface area contributed by atoms with Crippen molar-refractivity contribution in [3.8, 4) is 0 Å². The molecule has 0 aromatic rings. The van der Waals surface area contributed by atoms with Gasteiger partial charge in [-0.05, 0) is 25.7 Å². The molecule has 1 aliphatic rings. The normalized spacial score (nSPS) is 17.8. The first-order valence-corrected chi connectivity index (χ1v) is 6.66. The van der Waals surface area contributed by atoms with Crippen LogP contribution in [0.1, 0.15) is 58.3 Å². The predicted molar refractivity (Wildman–Crippen MR) is 66.2 cm³/mol. The maximum atomic E-state index is 11.0. The monoisotopic (exact) mass is 224 g/mol. The molecular formula is C14H24O2. The highest BCUT2D eigenvalue weighted by molar-refractivity contribution is 5.81. The maximum absolute atomic E-state index is 11.0. The van der Waals surface area contributed by atoms with Crippen LogP contribution in [0.3, 0.4) is 0 Å². The van der Waals surface area contributed by atoms with Crippen LogP contribution in [0.25, 0.3) is 0 Å². The van der Waals surface area contributed by atoms with Gasteiger partial charge in [0, 0.05) is 6.08 Å². The van der Waals surface area contributed by atoms with Gasteiger partial charge in [-0.15, -0.1) is 0 Å². The van der Waals surface area contributed by atoms with Gasteiger partial charge in [-0.25, -0.2) is 4.79 Å². The van der Waals surface area contributed by atoms with Crippen molar-refractivity contribution in [3.63, 3.8) is 0 Å². The summed E-state index contributed by atoms with van der Waals surface area (Å²) in [6.07, 6.45) is 14.2. The van der Waals surface area contributed by atoms with Crippen LogP contribution in [-0.4, -0.2) is 12.6 Å². The van der Waals surface area contributed by atoms with E-state index in [9.17, 15) is 4.79 Å². The second-order valence-corrected chi connectivity index (χ2v) is 4.59. The van der Waals surface area contributed by atoms with E-state index in [1.807, 2.05) is 13.0 Å². The zero-order valence-corrected chi connectivity index (χ0v) is 10.4. The number of hydrogen-bond donors (Lipinski definition) is 0. The van der Waals surface area contributed by atoms with Crippen molar-refractivity contribution in [3.05, 3.63) is 12.2 Å². The SMILES string of the molecule is CCOC(=O)/C=C/CCCC1CCCCC1. The number of unbranched alkanes of at least 4 members (excludes halogenated alkanes) is 1. The van der Waals surface area contributed by atoms with Crippen molar-refractivity contribution in [1.29, 1.82) is 0 Å². The third kappa shape index (κ3) is 5.94. The van der Waals surface area contributed by atoms with Crippen LogP contribution in [0, 0.1) is 5.92 Å². The van der Waals surface area contributed by atoms with E-state index >= 15 is 0 Å². The first-order valence-electron chi connectivity index (χ1n) is 6.66. The van der Waals surface area contributed by atoms with Crippen LogP contribution in [0.15, 0.2) is 12.2 Å². The molecule has 1 saturated carbocycles. The lowest BCUT2D eigenvalue weighted by Gasteiger charge is -2.20. The zero-order valence-electron chi connectivity index (χ0n) is 10.4. The fraction of sp³-hybridized carbons (Fsp3) is 0.786. The average Bonchev–Trinajstić information content (AvgIpc) is 2.30. The summed E-state index contributed by atoms with van der Waals surface area (Å²) in [5.41, 5.74) is 0. The molecule has 0 atom stereocenters. The molecule has 2 nitrogen and oxygen atoms in total. The Kier molecular flexibility index (Phi) is 6.95. The molecule has 0 aromatic heterocycles. The summed E-state index contributed by atoms with van der Waals surface area (Å²) < 4.78 is 4.81. The summed E-state index contributed by atoms with van der Waals surface area (Å²) in [5.74, 6) is 0.741. The molecule has 0 aromatic carbocycles. The molecule has 0 heterocycles. The summed E-state index contributed by atoms with van der Waals surface area (Å²) >= 11 is 0. The molecule has 0 N–H and O–H groups in total. The maximum Gasteiger partial charge on any atom is 0.330 e. The highest BCUT2D eigenvalue weighted by Gasteiger charge is 2.11. The third-order valence-electron chi connectivity index (χ3n) is 3.25. The Morgan fingerprint density at radius 2 is 2.06 bits per heavy atom. The van der Waals surface area contributed by atoms with Crippen LogP contribution in [0.2, 0.25) is 0 Å². The number of carbonyl (C=O) groups excluding carboxylic acids is 1. The quantitative estimate of drug-likeness (QED) is 0.389. The van der Waals surface area contributed by atoms with Crippen LogP contribution >= 0.6 is 0 Å². The van der Waals surface area contributed by atoms with Crippen molar-refractivity contribution < 1.29 is 9.53 Å². The lowest BCUT2D eigenvalue weighted by atomic mass is 9.86. The number of carbonyl (C=O) groups is 1. The second kappa shape index (κ2) is 8.37. The summed E-state index contributed by atoms with van der Waals surface area (Å²) in [5, 5.41) is 0. The largest absolute Gasteiger partial charge is 0.463 e. The molecule has 0 amide bonds. The lowest BCUT2D eigenvalue weighted by Crippen LogP contribution is -2.05. The van der Waals surface area contributed by atoms with E-state index < -0.39 is 0 Å². The highest BCUT2D eigenvalue weighted by atomic mass is 16.5. The number of rotatable bonds is 6. The Labute approximate surface area is 99.1 Å². The van der Waals surface area contributed by atoms with E-state index in [-0.39, 0.29) is 5.97 Å². The minimum absolute atomic E-state index is 0.208. The van der Waals surface area contributed by atoms with Crippen molar-refractivity contribution >= 4 is 5.97 Å². The van der Waals surface area contributed by atoms with Crippen LogP contribution in [0.4, 0.5) is 0 Å². The number of hydrogen-bond acceptors (Lipinski definition) is 2. The second-order valence-electron chi connectivity index (χ2n) is 4.59. The average molecular weight is 224 g/mol. The van der Waals surface area contributed by atoms with Crippen molar-refractivity contribution in [2.45, 2.75) is 58.3 Å². The number of ether oxygens (including phenoxy) is 1. The minimum Gasteiger partial charge on any atom is -0.463 e. The van der Waals surface area contributed by atoms with Gasteiger partial charge in [-0.3, -0.25) is 0 Å². The third-order valence-corrected chi connectivity index (χ3v) is 3.25. The molecule has 0 unspecified atom stereocenters. The molecule has 1 fully saturated rings. The molecule has 1 aliphatic carbocycles. The Hall–Kier alpha value is -0.790. The van der Waals surface area contributed by atoms with Gasteiger partial charge in [0.05, 0.1) is 6.61 Å². The van der Waals surface area contributed by atoms with Gasteiger partial charge < -0.3 is 4.74 Å². The summed E-state index contributed by atoms with van der Waals surface area (Å²) in [6, 6.07) is 0. The molecule has 0 radical (unpaired) electrons. The van der Waals surface area contributed by atoms with E-state index in [0.717, 1.165) is 12.3 Å². The van der Waals surface area contributed by atoms with Crippen LogP contribution < -0.4 is 0 Å². The van der Waals surface area contributed by atoms with Gasteiger partial charge in [0.15, 0.2) is 0 Å². The van der Waals surface area contributed by atoms with Gasteiger partial charge in [0.25, 0.3) is 0 Å². The van der Waals surface area contributed by atoms with Gasteiger partial charge >= 0.3 is 5.97 Å². The van der Waals surface area contributed by atoms with Crippen molar-refractivity contribution in [1.82, 2.24) is 0 Å². The molecule has 2 heteroatoms. The fourth-order valence-corrected chi connectivity index (χ4v) is 2.37. The summed E-state index contributed by atoms with van der Waals surface area (Å²) in [7, 11) is 0. The topological polar surface area (TPSA) is 26.3 Å². The molecule has 1 rings (SSSR count). The molecule has 16 heavy (non-hydrogen) atoms. The molecule has 92 valence electrons. The Morgan fingerprint density at radius 3 is 2.75 bits per heavy atom. The van der Waals surface area contributed by atoms with Gasteiger partial charge in [-0.1, -0.05) is 44.6 Å². The lowest BCUT2D eigenvalue weighted by molar-refractivity contribution is -0.137.